The normalized spacial score (nSPS) is 21.1. The van der Waals surface area contributed by atoms with E-state index in [4.69, 9.17) is 4.74 Å². The minimum Gasteiger partial charge on any atom is -0.381 e. The molecule has 0 radical (unpaired) electrons. The average molecular weight is 247 g/mol. The van der Waals surface area contributed by atoms with Crippen molar-refractivity contribution in [3.05, 3.63) is 21.9 Å². The van der Waals surface area contributed by atoms with Crippen molar-refractivity contribution < 1.29 is 14.1 Å². The number of rotatable bonds is 5. The van der Waals surface area contributed by atoms with E-state index in [1.165, 1.54) is 4.90 Å². The first-order chi connectivity index (χ1) is 7.93. The van der Waals surface area contributed by atoms with Crippen molar-refractivity contribution in [2.75, 3.05) is 40.9 Å². The predicted octanol–water partition coefficient (Wildman–Crippen LogP) is 0.889. The van der Waals surface area contributed by atoms with E-state index in [9.17, 15) is 14.5 Å². The monoisotopic (exact) mass is 247 g/mol. The lowest BCUT2D eigenvalue weighted by atomic mass is 10.1. The summed E-state index contributed by atoms with van der Waals surface area (Å²) >= 11 is 0. The van der Waals surface area contributed by atoms with E-state index in [0.29, 0.717) is 25.7 Å². The molecule has 7 heteroatoms. The number of nitro groups is 1. The zero-order chi connectivity index (χ0) is 13.0. The summed E-state index contributed by atoms with van der Waals surface area (Å²) in [5, 5.41) is 10.5. The van der Waals surface area contributed by atoms with Crippen LogP contribution in [0.3, 0.4) is 0 Å². The summed E-state index contributed by atoms with van der Waals surface area (Å²) in [5.41, 5.74) is 0. The number of nitrogens with zero attached hydrogens (tertiary/aromatic N) is 3. The topological polar surface area (TPSA) is 58.8 Å². The second-order valence-electron chi connectivity index (χ2n) is 4.38. The molecule has 6 nitrogen and oxygen atoms in total. The van der Waals surface area contributed by atoms with Gasteiger partial charge in [0.05, 0.1) is 11.5 Å². The van der Waals surface area contributed by atoms with Gasteiger partial charge in [0.25, 0.3) is 0 Å². The number of halogens is 1. The molecule has 0 N–H and O–H groups in total. The maximum Gasteiger partial charge on any atom is 0.460 e. The third kappa shape index (κ3) is 3.55. The third-order valence-electron chi connectivity index (χ3n) is 2.69. The molecule has 98 valence electrons. The fourth-order valence-corrected chi connectivity index (χ4v) is 1.97. The van der Waals surface area contributed by atoms with Crippen LogP contribution in [-0.4, -0.2) is 55.6 Å². The van der Waals surface area contributed by atoms with Crippen molar-refractivity contribution in [2.45, 2.75) is 6.42 Å². The largest absolute Gasteiger partial charge is 0.460 e. The van der Waals surface area contributed by atoms with Crippen molar-refractivity contribution in [1.29, 1.82) is 0 Å². The Morgan fingerprint density at radius 3 is 2.59 bits per heavy atom. The lowest BCUT2D eigenvalue weighted by Gasteiger charge is -2.27. The standard InChI is InChI=1S/C10H18FN3O3/c1-12(2)10(9(11)14(15)16)13(3)6-8-4-5-17-7-8/h8H,4-7H2,1-3H3. The van der Waals surface area contributed by atoms with E-state index in [-0.39, 0.29) is 5.82 Å². The summed E-state index contributed by atoms with van der Waals surface area (Å²) in [5.74, 6) is -1.03. The lowest BCUT2D eigenvalue weighted by Crippen LogP contribution is -2.34. The Kier molecular flexibility index (Phi) is 4.68. The molecule has 0 aromatic rings. The van der Waals surface area contributed by atoms with E-state index < -0.39 is 10.9 Å². The van der Waals surface area contributed by atoms with Gasteiger partial charge < -0.3 is 14.5 Å². The van der Waals surface area contributed by atoms with Crippen LogP contribution in [0.4, 0.5) is 4.39 Å². The Morgan fingerprint density at radius 2 is 2.18 bits per heavy atom. The summed E-state index contributed by atoms with van der Waals surface area (Å²) in [4.78, 5) is 12.5. The van der Waals surface area contributed by atoms with E-state index >= 15 is 0 Å². The molecule has 1 fully saturated rings. The molecule has 1 aliphatic heterocycles. The highest BCUT2D eigenvalue weighted by Gasteiger charge is 2.26. The molecule has 1 saturated heterocycles. The maximum atomic E-state index is 13.4. The summed E-state index contributed by atoms with van der Waals surface area (Å²) in [7, 11) is 4.82. The Labute approximate surface area is 99.8 Å². The lowest BCUT2D eigenvalue weighted by molar-refractivity contribution is -0.450. The Bertz CT molecular complexity index is 314. The molecule has 0 bridgehead atoms. The molecular formula is C10H18FN3O3. The highest BCUT2D eigenvalue weighted by Crippen LogP contribution is 2.19. The minimum absolute atomic E-state index is 0.0121. The SMILES string of the molecule is CN(C)C(=C(F)[N+](=O)[O-])N(C)CC1CCOC1. The number of hydrogen-bond acceptors (Lipinski definition) is 5. The molecule has 1 heterocycles. The molecule has 0 aliphatic carbocycles. The van der Waals surface area contributed by atoms with Gasteiger partial charge in [0.15, 0.2) is 0 Å². The summed E-state index contributed by atoms with van der Waals surface area (Å²) in [6.07, 6.45) is 0.908. The van der Waals surface area contributed by atoms with Crippen LogP contribution < -0.4 is 0 Å². The van der Waals surface area contributed by atoms with Crippen molar-refractivity contribution in [2.24, 2.45) is 5.92 Å². The minimum atomic E-state index is -1.32. The van der Waals surface area contributed by atoms with E-state index in [0.717, 1.165) is 6.42 Å². The Balaban J connectivity index is 2.76. The zero-order valence-corrected chi connectivity index (χ0v) is 10.4. The van der Waals surface area contributed by atoms with E-state index in [1.54, 1.807) is 26.0 Å². The van der Waals surface area contributed by atoms with Gasteiger partial charge in [0, 0.05) is 40.2 Å². The average Bonchev–Trinajstić information content (AvgIpc) is 2.69. The quantitative estimate of drug-likeness (QED) is 0.410. The molecule has 1 rings (SSSR count). The molecule has 0 saturated carbocycles. The van der Waals surface area contributed by atoms with Gasteiger partial charge in [-0.1, -0.05) is 0 Å². The van der Waals surface area contributed by atoms with Gasteiger partial charge in [-0.2, -0.15) is 0 Å². The van der Waals surface area contributed by atoms with Crippen LogP contribution in [-0.2, 0) is 4.74 Å². The summed E-state index contributed by atoms with van der Waals surface area (Å²) in [6, 6.07) is 0. The van der Waals surface area contributed by atoms with Crippen molar-refractivity contribution in [3.8, 4) is 0 Å². The predicted molar refractivity (Wildman–Crippen MR) is 60.4 cm³/mol. The van der Waals surface area contributed by atoms with Gasteiger partial charge in [-0.25, -0.2) is 0 Å². The molecule has 1 aliphatic rings. The fourth-order valence-electron chi connectivity index (χ4n) is 1.97. The zero-order valence-electron chi connectivity index (χ0n) is 10.4. The fraction of sp³-hybridized carbons (Fsp3) is 0.800. The van der Waals surface area contributed by atoms with Crippen LogP contribution in [0.5, 0.6) is 0 Å². The molecule has 1 atom stereocenters. The first kappa shape index (κ1) is 13.7. The number of ether oxygens (including phenoxy) is 1. The van der Waals surface area contributed by atoms with Crippen LogP contribution in [0.2, 0.25) is 0 Å². The van der Waals surface area contributed by atoms with E-state index in [1.807, 2.05) is 0 Å². The van der Waals surface area contributed by atoms with Gasteiger partial charge in [-0.05, 0) is 6.42 Å². The number of hydrogen-bond donors (Lipinski definition) is 0. The Morgan fingerprint density at radius 1 is 1.53 bits per heavy atom. The second-order valence-corrected chi connectivity index (χ2v) is 4.38. The smallest absolute Gasteiger partial charge is 0.381 e. The highest BCUT2D eigenvalue weighted by molar-refractivity contribution is 4.99. The van der Waals surface area contributed by atoms with Gasteiger partial charge in [0.2, 0.25) is 5.82 Å². The maximum absolute atomic E-state index is 13.4. The molecule has 17 heavy (non-hydrogen) atoms. The van der Waals surface area contributed by atoms with Crippen molar-refractivity contribution >= 4 is 0 Å². The van der Waals surface area contributed by atoms with Gasteiger partial charge in [-0.3, -0.25) is 10.1 Å². The van der Waals surface area contributed by atoms with Crippen molar-refractivity contribution in [3.63, 3.8) is 0 Å². The van der Waals surface area contributed by atoms with Crippen LogP contribution in [0.15, 0.2) is 11.8 Å². The summed E-state index contributed by atoms with van der Waals surface area (Å²) < 4.78 is 18.7. The third-order valence-corrected chi connectivity index (χ3v) is 2.69. The van der Waals surface area contributed by atoms with Gasteiger partial charge >= 0.3 is 5.95 Å². The Hall–Kier alpha value is -1.37. The molecule has 0 amide bonds. The van der Waals surface area contributed by atoms with Crippen LogP contribution >= 0.6 is 0 Å². The highest BCUT2D eigenvalue weighted by atomic mass is 19.1. The molecule has 0 spiro atoms. The van der Waals surface area contributed by atoms with Gasteiger partial charge in [0.1, 0.15) is 0 Å². The van der Waals surface area contributed by atoms with Crippen molar-refractivity contribution in [1.82, 2.24) is 9.80 Å². The summed E-state index contributed by atoms with van der Waals surface area (Å²) in [6.45, 7) is 1.89. The first-order valence-electron chi connectivity index (χ1n) is 5.43. The second kappa shape index (κ2) is 5.81. The molecule has 1 unspecified atom stereocenters. The van der Waals surface area contributed by atoms with Gasteiger partial charge in [-0.15, -0.1) is 4.39 Å². The molecule has 0 aromatic heterocycles. The van der Waals surface area contributed by atoms with Crippen LogP contribution in [0, 0.1) is 16.0 Å². The van der Waals surface area contributed by atoms with Crippen LogP contribution in [0.25, 0.3) is 0 Å². The van der Waals surface area contributed by atoms with Crippen LogP contribution in [0.1, 0.15) is 6.42 Å². The first-order valence-corrected chi connectivity index (χ1v) is 5.43. The van der Waals surface area contributed by atoms with E-state index in [2.05, 4.69) is 0 Å². The molecular weight excluding hydrogens is 229 g/mol. The molecule has 0 aromatic carbocycles.